The molecule has 0 saturated heterocycles. The van der Waals surface area contributed by atoms with Gasteiger partial charge in [0.25, 0.3) is 0 Å². The standard InChI is InChI=1S/C15H13BrF2O2/c1-9(19)11-3-5-15(14(18)7-11)20-8-10-2-4-13(17)12(16)6-10/h2-7,9,19H,8H2,1H3/t9-/m0/s1. The molecule has 1 atom stereocenters. The summed E-state index contributed by atoms with van der Waals surface area (Å²) in [5.74, 6) is -0.805. The third-order valence-corrected chi connectivity index (χ3v) is 3.42. The van der Waals surface area contributed by atoms with Crippen LogP contribution in [-0.4, -0.2) is 5.11 Å². The van der Waals surface area contributed by atoms with Crippen molar-refractivity contribution in [2.24, 2.45) is 0 Å². The van der Waals surface area contributed by atoms with E-state index in [4.69, 9.17) is 4.74 Å². The molecular weight excluding hydrogens is 330 g/mol. The number of benzene rings is 2. The van der Waals surface area contributed by atoms with E-state index in [1.807, 2.05) is 0 Å². The highest BCUT2D eigenvalue weighted by molar-refractivity contribution is 9.10. The van der Waals surface area contributed by atoms with E-state index in [1.165, 1.54) is 18.2 Å². The van der Waals surface area contributed by atoms with Crippen LogP contribution in [0.5, 0.6) is 5.75 Å². The van der Waals surface area contributed by atoms with E-state index in [1.54, 1.807) is 25.1 Å². The molecule has 0 aliphatic carbocycles. The van der Waals surface area contributed by atoms with Gasteiger partial charge in [0.1, 0.15) is 12.4 Å². The van der Waals surface area contributed by atoms with Crippen molar-refractivity contribution in [2.45, 2.75) is 19.6 Å². The molecule has 106 valence electrons. The predicted molar refractivity (Wildman–Crippen MR) is 75.5 cm³/mol. The van der Waals surface area contributed by atoms with Gasteiger partial charge in [0.05, 0.1) is 10.6 Å². The first-order chi connectivity index (χ1) is 9.47. The normalized spacial score (nSPS) is 12.2. The molecule has 2 aromatic carbocycles. The SMILES string of the molecule is C[C@H](O)c1ccc(OCc2ccc(F)c(Br)c2)c(F)c1. The lowest BCUT2D eigenvalue weighted by atomic mass is 10.1. The molecule has 0 bridgehead atoms. The molecule has 0 aromatic heterocycles. The maximum absolute atomic E-state index is 13.8. The highest BCUT2D eigenvalue weighted by Gasteiger charge is 2.08. The maximum atomic E-state index is 13.8. The van der Waals surface area contributed by atoms with Gasteiger partial charge in [-0.25, -0.2) is 8.78 Å². The van der Waals surface area contributed by atoms with Crippen molar-refractivity contribution in [1.82, 2.24) is 0 Å². The van der Waals surface area contributed by atoms with Crippen molar-refractivity contribution < 1.29 is 18.6 Å². The van der Waals surface area contributed by atoms with E-state index >= 15 is 0 Å². The minimum Gasteiger partial charge on any atom is -0.486 e. The summed E-state index contributed by atoms with van der Waals surface area (Å²) < 4.78 is 32.5. The Labute approximate surface area is 124 Å². The highest BCUT2D eigenvalue weighted by atomic mass is 79.9. The minimum absolute atomic E-state index is 0.0925. The van der Waals surface area contributed by atoms with Crippen molar-refractivity contribution in [3.05, 3.63) is 63.6 Å². The number of hydrogen-bond acceptors (Lipinski definition) is 2. The maximum Gasteiger partial charge on any atom is 0.165 e. The molecule has 0 aliphatic rings. The first kappa shape index (κ1) is 14.9. The molecule has 0 heterocycles. The van der Waals surface area contributed by atoms with E-state index in [9.17, 15) is 13.9 Å². The average Bonchev–Trinajstić information content (AvgIpc) is 2.41. The Morgan fingerprint density at radius 1 is 1.15 bits per heavy atom. The molecule has 2 aromatic rings. The second-order valence-electron chi connectivity index (χ2n) is 4.40. The Morgan fingerprint density at radius 3 is 2.50 bits per heavy atom. The summed E-state index contributed by atoms with van der Waals surface area (Å²) in [5.41, 5.74) is 1.21. The third kappa shape index (κ3) is 3.55. The fraction of sp³-hybridized carbons (Fsp3) is 0.200. The second-order valence-corrected chi connectivity index (χ2v) is 5.26. The monoisotopic (exact) mass is 342 g/mol. The number of aliphatic hydroxyl groups is 1. The molecule has 0 aliphatic heterocycles. The molecule has 2 rings (SSSR count). The van der Waals surface area contributed by atoms with Crippen LogP contribution in [-0.2, 0) is 6.61 Å². The van der Waals surface area contributed by atoms with Crippen LogP contribution in [0, 0.1) is 11.6 Å². The van der Waals surface area contributed by atoms with Crippen molar-refractivity contribution in [1.29, 1.82) is 0 Å². The number of halogens is 3. The van der Waals surface area contributed by atoms with Crippen molar-refractivity contribution >= 4 is 15.9 Å². The van der Waals surface area contributed by atoms with Crippen LogP contribution >= 0.6 is 15.9 Å². The Bertz CT molecular complexity index is 615. The number of hydrogen-bond donors (Lipinski definition) is 1. The fourth-order valence-electron chi connectivity index (χ4n) is 1.68. The minimum atomic E-state index is -0.730. The topological polar surface area (TPSA) is 29.5 Å². The highest BCUT2D eigenvalue weighted by Crippen LogP contribution is 2.23. The predicted octanol–water partition coefficient (Wildman–Crippen LogP) is 4.36. The molecule has 1 N–H and O–H groups in total. The van der Waals surface area contributed by atoms with Gasteiger partial charge < -0.3 is 9.84 Å². The fourth-order valence-corrected chi connectivity index (χ4v) is 2.11. The summed E-state index contributed by atoms with van der Waals surface area (Å²) in [5, 5.41) is 9.36. The molecule has 0 saturated carbocycles. The van der Waals surface area contributed by atoms with Gasteiger partial charge in [0.2, 0.25) is 0 Å². The van der Waals surface area contributed by atoms with Gasteiger partial charge >= 0.3 is 0 Å². The summed E-state index contributed by atoms with van der Waals surface area (Å²) in [6, 6.07) is 8.77. The summed E-state index contributed by atoms with van der Waals surface area (Å²) in [6.07, 6.45) is -0.730. The van der Waals surface area contributed by atoms with Crippen LogP contribution in [0.25, 0.3) is 0 Å². The van der Waals surface area contributed by atoms with Gasteiger partial charge in [-0.05, 0) is 58.2 Å². The van der Waals surface area contributed by atoms with E-state index in [0.29, 0.717) is 10.0 Å². The van der Waals surface area contributed by atoms with E-state index in [0.717, 1.165) is 5.56 Å². The van der Waals surface area contributed by atoms with Crippen LogP contribution in [0.2, 0.25) is 0 Å². The number of rotatable bonds is 4. The van der Waals surface area contributed by atoms with Gasteiger partial charge in [0, 0.05) is 0 Å². The Balaban J connectivity index is 2.09. The number of ether oxygens (including phenoxy) is 1. The van der Waals surface area contributed by atoms with Crippen molar-refractivity contribution in [3.63, 3.8) is 0 Å². The Hall–Kier alpha value is -1.46. The van der Waals surface area contributed by atoms with Gasteiger partial charge in [0.15, 0.2) is 11.6 Å². The van der Waals surface area contributed by atoms with Gasteiger partial charge in [-0.1, -0.05) is 12.1 Å². The van der Waals surface area contributed by atoms with Crippen molar-refractivity contribution in [2.75, 3.05) is 0 Å². The Kier molecular flexibility index (Phi) is 4.73. The zero-order chi connectivity index (χ0) is 14.7. The smallest absolute Gasteiger partial charge is 0.165 e. The van der Waals surface area contributed by atoms with Crippen LogP contribution in [0.15, 0.2) is 40.9 Å². The molecular formula is C15H13BrF2O2. The lowest BCUT2D eigenvalue weighted by molar-refractivity contribution is 0.198. The first-order valence-corrected chi connectivity index (χ1v) is 6.81. The molecule has 0 radical (unpaired) electrons. The van der Waals surface area contributed by atoms with Crippen LogP contribution in [0.4, 0.5) is 8.78 Å². The zero-order valence-corrected chi connectivity index (χ0v) is 12.3. The van der Waals surface area contributed by atoms with E-state index in [2.05, 4.69) is 15.9 Å². The molecule has 0 fully saturated rings. The number of aliphatic hydroxyl groups excluding tert-OH is 1. The van der Waals surface area contributed by atoms with E-state index in [-0.39, 0.29) is 18.2 Å². The lowest BCUT2D eigenvalue weighted by Crippen LogP contribution is -1.99. The summed E-state index contributed by atoms with van der Waals surface area (Å²) in [6.45, 7) is 1.69. The largest absolute Gasteiger partial charge is 0.486 e. The first-order valence-electron chi connectivity index (χ1n) is 6.01. The summed E-state index contributed by atoms with van der Waals surface area (Å²) in [7, 11) is 0. The van der Waals surface area contributed by atoms with E-state index < -0.39 is 11.9 Å². The van der Waals surface area contributed by atoms with Gasteiger partial charge in [-0.3, -0.25) is 0 Å². The Morgan fingerprint density at radius 2 is 1.90 bits per heavy atom. The molecule has 2 nitrogen and oxygen atoms in total. The summed E-state index contributed by atoms with van der Waals surface area (Å²) >= 11 is 3.08. The van der Waals surface area contributed by atoms with Gasteiger partial charge in [-0.15, -0.1) is 0 Å². The van der Waals surface area contributed by atoms with Crippen LogP contribution in [0.3, 0.4) is 0 Å². The molecule has 20 heavy (non-hydrogen) atoms. The quantitative estimate of drug-likeness (QED) is 0.894. The van der Waals surface area contributed by atoms with Crippen LogP contribution in [0.1, 0.15) is 24.2 Å². The molecule has 5 heteroatoms. The molecule has 0 amide bonds. The molecule has 0 unspecified atom stereocenters. The van der Waals surface area contributed by atoms with Gasteiger partial charge in [-0.2, -0.15) is 0 Å². The zero-order valence-electron chi connectivity index (χ0n) is 10.7. The second kappa shape index (κ2) is 6.33. The average molecular weight is 343 g/mol. The molecule has 0 spiro atoms. The lowest BCUT2D eigenvalue weighted by Gasteiger charge is -2.10. The van der Waals surface area contributed by atoms with Crippen molar-refractivity contribution in [3.8, 4) is 5.75 Å². The van der Waals surface area contributed by atoms with Crippen LogP contribution < -0.4 is 4.74 Å². The summed E-state index contributed by atoms with van der Waals surface area (Å²) in [4.78, 5) is 0. The third-order valence-electron chi connectivity index (χ3n) is 2.82.